The zero-order valence-corrected chi connectivity index (χ0v) is 16.5. The maximum atomic E-state index is 13.5. The zero-order chi connectivity index (χ0) is 19.4. The van der Waals surface area contributed by atoms with Crippen LogP contribution < -0.4 is 0 Å². The maximum Gasteiger partial charge on any atom is 0.325 e. The molecule has 3 rings (SSSR count). The Morgan fingerprint density at radius 1 is 0.667 bits per heavy atom. The fraction of sp³-hybridized carbons (Fsp3) is 0.240. The van der Waals surface area contributed by atoms with Crippen LogP contribution in [0.3, 0.4) is 0 Å². The Bertz CT molecular complexity index is 793. The molecular weight excluding hydrogens is 332 g/mol. The smallest absolute Gasteiger partial charge is 0.325 e. The number of carbonyl (C=O) groups excluding carboxylic acids is 1. The molecule has 2 heteroatoms. The molecule has 0 spiro atoms. The molecule has 0 saturated heterocycles. The molecule has 0 bridgehead atoms. The van der Waals surface area contributed by atoms with Crippen LogP contribution in [0.1, 0.15) is 40.3 Å². The normalized spacial score (nSPS) is 11.3. The highest BCUT2D eigenvalue weighted by molar-refractivity contribution is 5.92. The van der Waals surface area contributed by atoms with Crippen molar-refractivity contribution >= 4 is 5.97 Å². The van der Waals surface area contributed by atoms with E-state index in [0.29, 0.717) is 6.61 Å². The van der Waals surface area contributed by atoms with Crippen LogP contribution in [-0.2, 0) is 14.9 Å². The first-order valence-corrected chi connectivity index (χ1v) is 9.37. The minimum atomic E-state index is -0.995. The predicted molar refractivity (Wildman–Crippen MR) is 110 cm³/mol. The Kier molecular flexibility index (Phi) is 5.46. The largest absolute Gasteiger partial charge is 0.465 e. The number of ether oxygens (including phenoxy) is 1. The van der Waals surface area contributed by atoms with Crippen LogP contribution in [0.5, 0.6) is 0 Å². The first kappa shape index (κ1) is 18.9. The average Bonchev–Trinajstić information content (AvgIpc) is 2.66. The second-order valence-electron chi connectivity index (χ2n) is 7.07. The van der Waals surface area contributed by atoms with Gasteiger partial charge in [0, 0.05) is 0 Å². The van der Waals surface area contributed by atoms with Gasteiger partial charge in [-0.25, -0.2) is 0 Å². The summed E-state index contributed by atoms with van der Waals surface area (Å²) in [6.45, 7) is 8.33. The Labute approximate surface area is 161 Å². The van der Waals surface area contributed by atoms with Crippen molar-refractivity contribution in [3.8, 4) is 0 Å². The number of aryl methyl sites for hydroxylation is 3. The molecule has 138 valence electrons. The van der Waals surface area contributed by atoms with Gasteiger partial charge in [-0.1, -0.05) is 89.5 Å². The number of carbonyl (C=O) groups is 1. The summed E-state index contributed by atoms with van der Waals surface area (Å²) in [4.78, 5) is 13.5. The third-order valence-electron chi connectivity index (χ3n) is 5.04. The minimum Gasteiger partial charge on any atom is -0.465 e. The number of rotatable bonds is 5. The quantitative estimate of drug-likeness (QED) is 0.444. The summed E-state index contributed by atoms with van der Waals surface area (Å²) in [6.07, 6.45) is 0. The SMILES string of the molecule is CCOC(=O)C(c1ccc(C)cc1)(c1ccc(C)cc1)c1ccc(C)cc1. The lowest BCUT2D eigenvalue weighted by atomic mass is 9.69. The second kappa shape index (κ2) is 7.79. The molecule has 0 fully saturated rings. The summed E-state index contributed by atoms with van der Waals surface area (Å²) in [5.74, 6) is -0.249. The van der Waals surface area contributed by atoms with E-state index in [1.807, 2.05) is 100 Å². The molecule has 3 aromatic rings. The molecule has 27 heavy (non-hydrogen) atoms. The van der Waals surface area contributed by atoms with Gasteiger partial charge in [-0.3, -0.25) is 4.79 Å². The molecule has 3 aromatic carbocycles. The summed E-state index contributed by atoms with van der Waals surface area (Å²) in [5, 5.41) is 0. The highest BCUT2D eigenvalue weighted by atomic mass is 16.5. The van der Waals surface area contributed by atoms with Gasteiger partial charge in [0.1, 0.15) is 5.41 Å². The Hall–Kier alpha value is -2.87. The fourth-order valence-electron chi connectivity index (χ4n) is 3.50. The van der Waals surface area contributed by atoms with Crippen molar-refractivity contribution in [3.63, 3.8) is 0 Å². The molecule has 0 heterocycles. The van der Waals surface area contributed by atoms with Crippen molar-refractivity contribution in [2.45, 2.75) is 33.1 Å². The van der Waals surface area contributed by atoms with Gasteiger partial charge in [-0.05, 0) is 44.4 Å². The van der Waals surface area contributed by atoms with Crippen molar-refractivity contribution in [3.05, 3.63) is 106 Å². The van der Waals surface area contributed by atoms with Crippen molar-refractivity contribution < 1.29 is 9.53 Å². The summed E-state index contributed by atoms with van der Waals surface area (Å²) < 4.78 is 5.62. The monoisotopic (exact) mass is 358 g/mol. The van der Waals surface area contributed by atoms with Gasteiger partial charge in [-0.2, -0.15) is 0 Å². The Balaban J connectivity index is 2.36. The third-order valence-corrected chi connectivity index (χ3v) is 5.04. The molecule has 0 aliphatic rings. The molecule has 2 nitrogen and oxygen atoms in total. The van der Waals surface area contributed by atoms with Crippen molar-refractivity contribution in [2.24, 2.45) is 0 Å². The van der Waals surface area contributed by atoms with Crippen molar-refractivity contribution in [2.75, 3.05) is 6.61 Å². The molecule has 0 aliphatic carbocycles. The van der Waals surface area contributed by atoms with Crippen LogP contribution in [0.15, 0.2) is 72.8 Å². The standard InChI is InChI=1S/C25H26O2/c1-5-27-24(26)25(21-12-6-18(2)7-13-21,22-14-8-19(3)9-15-22)23-16-10-20(4)11-17-23/h6-17H,5H2,1-4H3. The lowest BCUT2D eigenvalue weighted by Crippen LogP contribution is -2.40. The van der Waals surface area contributed by atoms with Crippen LogP contribution in [0.2, 0.25) is 0 Å². The predicted octanol–water partition coefficient (Wildman–Crippen LogP) is 5.51. The lowest BCUT2D eigenvalue weighted by molar-refractivity contribution is -0.146. The van der Waals surface area contributed by atoms with Crippen LogP contribution >= 0.6 is 0 Å². The van der Waals surface area contributed by atoms with Crippen molar-refractivity contribution in [1.82, 2.24) is 0 Å². The molecule has 0 saturated carbocycles. The van der Waals surface area contributed by atoms with Gasteiger partial charge >= 0.3 is 5.97 Å². The van der Waals surface area contributed by atoms with Gasteiger partial charge in [0.15, 0.2) is 0 Å². The highest BCUT2D eigenvalue weighted by Crippen LogP contribution is 2.41. The number of esters is 1. The molecular formula is C25H26O2. The fourth-order valence-corrected chi connectivity index (χ4v) is 3.50. The topological polar surface area (TPSA) is 26.3 Å². The van der Waals surface area contributed by atoms with E-state index in [4.69, 9.17) is 4.74 Å². The summed E-state index contributed by atoms with van der Waals surface area (Å²) in [7, 11) is 0. The molecule has 0 unspecified atom stereocenters. The minimum absolute atomic E-state index is 0.249. The van der Waals surface area contributed by atoms with Gasteiger partial charge in [0.25, 0.3) is 0 Å². The van der Waals surface area contributed by atoms with Crippen LogP contribution in [0.25, 0.3) is 0 Å². The molecule has 0 aromatic heterocycles. The van der Waals surface area contributed by atoms with Crippen LogP contribution in [0.4, 0.5) is 0 Å². The van der Waals surface area contributed by atoms with E-state index < -0.39 is 5.41 Å². The van der Waals surface area contributed by atoms with E-state index in [-0.39, 0.29) is 5.97 Å². The van der Waals surface area contributed by atoms with Crippen LogP contribution in [0, 0.1) is 20.8 Å². The average molecular weight is 358 g/mol. The van der Waals surface area contributed by atoms with Gasteiger partial charge in [-0.15, -0.1) is 0 Å². The van der Waals surface area contributed by atoms with E-state index in [1.54, 1.807) is 0 Å². The van der Waals surface area contributed by atoms with Crippen LogP contribution in [-0.4, -0.2) is 12.6 Å². The van der Waals surface area contributed by atoms with E-state index in [9.17, 15) is 4.79 Å². The first-order valence-electron chi connectivity index (χ1n) is 9.37. The molecule has 0 aliphatic heterocycles. The van der Waals surface area contributed by atoms with E-state index in [1.165, 1.54) is 0 Å². The van der Waals surface area contributed by atoms with Gasteiger partial charge < -0.3 is 4.74 Å². The van der Waals surface area contributed by atoms with Gasteiger partial charge in [0.05, 0.1) is 6.61 Å². The Morgan fingerprint density at radius 2 is 0.963 bits per heavy atom. The zero-order valence-electron chi connectivity index (χ0n) is 16.5. The van der Waals surface area contributed by atoms with E-state index in [0.717, 1.165) is 33.4 Å². The van der Waals surface area contributed by atoms with E-state index in [2.05, 4.69) is 0 Å². The maximum absolute atomic E-state index is 13.5. The first-order chi connectivity index (χ1) is 13.0. The summed E-state index contributed by atoms with van der Waals surface area (Å²) in [5.41, 5.74) is 5.22. The number of hydrogen-bond acceptors (Lipinski definition) is 2. The summed E-state index contributed by atoms with van der Waals surface area (Å²) in [6, 6.07) is 24.5. The summed E-state index contributed by atoms with van der Waals surface area (Å²) >= 11 is 0. The lowest BCUT2D eigenvalue weighted by Gasteiger charge is -2.33. The number of benzene rings is 3. The second-order valence-corrected chi connectivity index (χ2v) is 7.07. The van der Waals surface area contributed by atoms with E-state index >= 15 is 0 Å². The third kappa shape index (κ3) is 3.52. The molecule has 0 N–H and O–H groups in total. The van der Waals surface area contributed by atoms with Gasteiger partial charge in [0.2, 0.25) is 0 Å². The molecule has 0 amide bonds. The molecule has 0 radical (unpaired) electrons. The van der Waals surface area contributed by atoms with Crippen molar-refractivity contribution in [1.29, 1.82) is 0 Å². The molecule has 0 atom stereocenters. The highest BCUT2D eigenvalue weighted by Gasteiger charge is 2.45. The number of hydrogen-bond donors (Lipinski definition) is 0. The Morgan fingerprint density at radius 3 is 1.22 bits per heavy atom.